The van der Waals surface area contributed by atoms with E-state index in [-0.39, 0.29) is 0 Å². The summed E-state index contributed by atoms with van der Waals surface area (Å²) in [6, 6.07) is 90.3. The first-order valence-electron chi connectivity index (χ1n) is 22.7. The van der Waals surface area contributed by atoms with Gasteiger partial charge in [0, 0.05) is 33.4 Å². The highest BCUT2D eigenvalue weighted by Gasteiger charge is 2.21. The lowest BCUT2D eigenvalue weighted by Gasteiger charge is -2.27. The zero-order valence-electron chi connectivity index (χ0n) is 36.0. The van der Waals surface area contributed by atoms with E-state index >= 15 is 0 Å². The van der Waals surface area contributed by atoms with E-state index in [2.05, 4.69) is 241 Å². The molecule has 1 aromatic heterocycles. The second-order valence-corrected chi connectivity index (χ2v) is 17.2. The summed E-state index contributed by atoms with van der Waals surface area (Å²) in [5.74, 6) is 0. The van der Waals surface area contributed by atoms with Crippen LogP contribution in [0.2, 0.25) is 0 Å². The number of hydrogen-bond acceptors (Lipinski definition) is 2. The average molecular weight is 840 g/mol. The lowest BCUT2D eigenvalue weighted by molar-refractivity contribution is 0.670. The summed E-state index contributed by atoms with van der Waals surface area (Å²) in [6.45, 7) is 0. The van der Waals surface area contributed by atoms with Gasteiger partial charge in [-0.3, -0.25) is 0 Å². The van der Waals surface area contributed by atoms with Crippen LogP contribution in [0.5, 0.6) is 0 Å². The summed E-state index contributed by atoms with van der Waals surface area (Å²) in [7, 11) is 0. The van der Waals surface area contributed by atoms with Crippen LogP contribution in [0.15, 0.2) is 253 Å². The summed E-state index contributed by atoms with van der Waals surface area (Å²) in [5, 5.41) is 12.2. The zero-order chi connectivity index (χ0) is 43.6. The Morgan fingerprint density at radius 3 is 1.52 bits per heavy atom. The minimum absolute atomic E-state index is 0.901. The molecule has 0 fully saturated rings. The second kappa shape index (κ2) is 15.5. The van der Waals surface area contributed by atoms with E-state index in [1.807, 2.05) is 12.1 Å². The van der Waals surface area contributed by atoms with Gasteiger partial charge in [-0.1, -0.05) is 200 Å². The molecule has 0 aliphatic heterocycles. The summed E-state index contributed by atoms with van der Waals surface area (Å²) < 4.78 is 6.49. The number of furan rings is 1. The number of nitrogens with zero attached hydrogens (tertiary/aromatic N) is 1. The molecule has 0 radical (unpaired) electrons. The topological polar surface area (TPSA) is 16.4 Å². The standard InChI is InChI=1S/C64H41NO/c1-3-15-45(16-4-1)62-58-22-10-9-20-55(58)56-39-37-51(41-60(56)63(62)46-17-5-2-6-18-46)65(50-35-30-44(31-36-50)54-23-13-24-59-57-21-11-12-25-61(57)66-64(54)59)49-33-28-42(29-34-49)47-32-38-53-48(40-47)27-26-43-14-7-8-19-52(43)53/h1-41H. The Kier molecular flexibility index (Phi) is 8.89. The molecule has 0 saturated carbocycles. The number of rotatable bonds is 7. The predicted octanol–water partition coefficient (Wildman–Crippen LogP) is 18.3. The van der Waals surface area contributed by atoms with Crippen LogP contribution in [-0.2, 0) is 0 Å². The molecular formula is C64H41NO. The maximum absolute atomic E-state index is 6.49. The van der Waals surface area contributed by atoms with Crippen molar-refractivity contribution in [3.8, 4) is 44.5 Å². The van der Waals surface area contributed by atoms with E-state index in [1.54, 1.807) is 0 Å². The quantitative estimate of drug-likeness (QED) is 0.149. The third-order valence-corrected chi connectivity index (χ3v) is 13.4. The first-order chi connectivity index (χ1) is 32.7. The minimum Gasteiger partial charge on any atom is -0.455 e. The van der Waals surface area contributed by atoms with Gasteiger partial charge in [0.1, 0.15) is 11.2 Å². The van der Waals surface area contributed by atoms with E-state index < -0.39 is 0 Å². The summed E-state index contributed by atoms with van der Waals surface area (Å²) in [4.78, 5) is 2.40. The highest BCUT2D eigenvalue weighted by molar-refractivity contribution is 6.22. The highest BCUT2D eigenvalue weighted by atomic mass is 16.3. The number of hydrogen-bond donors (Lipinski definition) is 0. The van der Waals surface area contributed by atoms with Gasteiger partial charge in [0.05, 0.1) is 0 Å². The molecule has 0 aliphatic rings. The van der Waals surface area contributed by atoms with Gasteiger partial charge in [-0.2, -0.15) is 0 Å². The smallest absolute Gasteiger partial charge is 0.143 e. The van der Waals surface area contributed by atoms with Gasteiger partial charge < -0.3 is 9.32 Å². The van der Waals surface area contributed by atoms with Crippen LogP contribution in [0.1, 0.15) is 0 Å². The molecule has 0 unspecified atom stereocenters. The van der Waals surface area contributed by atoms with Crippen LogP contribution < -0.4 is 4.90 Å². The van der Waals surface area contributed by atoms with Crippen molar-refractivity contribution in [2.75, 3.05) is 4.90 Å². The normalized spacial score (nSPS) is 11.6. The molecule has 0 saturated heterocycles. The maximum Gasteiger partial charge on any atom is 0.143 e. The largest absolute Gasteiger partial charge is 0.455 e. The lowest BCUT2D eigenvalue weighted by atomic mass is 9.85. The molecule has 0 aliphatic carbocycles. The van der Waals surface area contributed by atoms with Crippen LogP contribution in [0.25, 0.3) is 110 Å². The molecule has 0 amide bonds. The zero-order valence-corrected chi connectivity index (χ0v) is 36.0. The molecule has 308 valence electrons. The molecule has 0 spiro atoms. The van der Waals surface area contributed by atoms with Crippen LogP contribution in [0.4, 0.5) is 17.1 Å². The predicted molar refractivity (Wildman–Crippen MR) is 280 cm³/mol. The van der Waals surface area contributed by atoms with Crippen LogP contribution in [0, 0.1) is 0 Å². The summed E-state index contributed by atoms with van der Waals surface area (Å²) >= 11 is 0. The Labute approximate surface area is 382 Å². The second-order valence-electron chi connectivity index (χ2n) is 17.2. The van der Waals surface area contributed by atoms with Gasteiger partial charge in [0.25, 0.3) is 0 Å². The van der Waals surface area contributed by atoms with E-state index in [4.69, 9.17) is 4.42 Å². The Bertz CT molecular complexity index is 3960. The van der Waals surface area contributed by atoms with Crippen LogP contribution >= 0.6 is 0 Å². The molecule has 2 heteroatoms. The molecule has 12 aromatic carbocycles. The Hall–Kier alpha value is -8.72. The van der Waals surface area contributed by atoms with Gasteiger partial charge in [0.2, 0.25) is 0 Å². The molecule has 13 aromatic rings. The monoisotopic (exact) mass is 839 g/mol. The summed E-state index contributed by atoms with van der Waals surface area (Å²) in [6.07, 6.45) is 0. The van der Waals surface area contributed by atoms with Gasteiger partial charge in [-0.15, -0.1) is 0 Å². The first-order valence-corrected chi connectivity index (χ1v) is 22.7. The third-order valence-electron chi connectivity index (χ3n) is 13.4. The van der Waals surface area contributed by atoms with Gasteiger partial charge in [-0.25, -0.2) is 0 Å². The molecule has 1 heterocycles. The molecular weight excluding hydrogens is 799 g/mol. The van der Waals surface area contributed by atoms with Crippen molar-refractivity contribution in [3.63, 3.8) is 0 Å². The van der Waals surface area contributed by atoms with Crippen molar-refractivity contribution in [3.05, 3.63) is 249 Å². The fourth-order valence-electron chi connectivity index (χ4n) is 10.3. The van der Waals surface area contributed by atoms with Crippen molar-refractivity contribution in [2.45, 2.75) is 0 Å². The molecule has 0 bridgehead atoms. The molecule has 2 nitrogen and oxygen atoms in total. The lowest BCUT2D eigenvalue weighted by Crippen LogP contribution is -2.10. The van der Waals surface area contributed by atoms with E-state index in [0.29, 0.717) is 0 Å². The van der Waals surface area contributed by atoms with E-state index in [9.17, 15) is 0 Å². The van der Waals surface area contributed by atoms with Crippen molar-refractivity contribution < 1.29 is 4.42 Å². The Morgan fingerprint density at radius 1 is 0.258 bits per heavy atom. The van der Waals surface area contributed by atoms with Crippen molar-refractivity contribution in [1.82, 2.24) is 0 Å². The Morgan fingerprint density at radius 2 is 0.773 bits per heavy atom. The number of fused-ring (bicyclic) bond motifs is 9. The molecule has 13 rings (SSSR count). The highest BCUT2D eigenvalue weighted by Crippen LogP contribution is 2.47. The fourth-order valence-corrected chi connectivity index (χ4v) is 10.3. The number of para-hydroxylation sites is 2. The molecule has 66 heavy (non-hydrogen) atoms. The van der Waals surface area contributed by atoms with Gasteiger partial charge >= 0.3 is 0 Å². The van der Waals surface area contributed by atoms with Crippen LogP contribution in [0.3, 0.4) is 0 Å². The van der Waals surface area contributed by atoms with E-state index in [0.717, 1.165) is 50.1 Å². The molecule has 0 atom stereocenters. The Balaban J connectivity index is 0.994. The van der Waals surface area contributed by atoms with Crippen molar-refractivity contribution in [1.29, 1.82) is 0 Å². The summed E-state index contributed by atoms with van der Waals surface area (Å²) in [5.41, 5.74) is 14.4. The maximum atomic E-state index is 6.49. The van der Waals surface area contributed by atoms with Gasteiger partial charge in [-0.05, 0) is 131 Å². The van der Waals surface area contributed by atoms with Crippen molar-refractivity contribution in [2.24, 2.45) is 0 Å². The third kappa shape index (κ3) is 6.26. The number of anilines is 3. The first kappa shape index (κ1) is 37.8. The van der Waals surface area contributed by atoms with Crippen molar-refractivity contribution >= 4 is 82.1 Å². The fraction of sp³-hybridized carbons (Fsp3) is 0. The minimum atomic E-state index is 0.901. The van der Waals surface area contributed by atoms with Crippen LogP contribution in [-0.4, -0.2) is 0 Å². The SMILES string of the molecule is c1ccc(-c2c(-c3ccccc3)c3cc(N(c4ccc(-c5ccc6c(ccc7ccccc76)c5)cc4)c4ccc(-c5cccc6c5oc5ccccc56)cc4)ccc3c3ccccc23)cc1. The average Bonchev–Trinajstić information content (AvgIpc) is 3.78. The van der Waals surface area contributed by atoms with E-state index in [1.165, 1.54) is 76.5 Å². The molecule has 0 N–H and O–H groups in total. The van der Waals surface area contributed by atoms with Gasteiger partial charge in [0.15, 0.2) is 0 Å². The number of benzene rings is 12.